The fraction of sp³-hybridized carbons (Fsp3) is 0.0882. The Morgan fingerprint density at radius 2 is 0.986 bits per heavy atom. The predicted octanol–water partition coefficient (Wildman–Crippen LogP) is 18.7. The number of hydrogen-bond acceptors (Lipinski definition) is 4. The summed E-state index contributed by atoms with van der Waals surface area (Å²) in [6, 6.07) is 79.7. The van der Waals surface area contributed by atoms with Crippen molar-refractivity contribution in [1.82, 2.24) is 19.1 Å². The maximum absolute atomic E-state index is 11.7. The van der Waals surface area contributed by atoms with Gasteiger partial charge >= 0.3 is 0 Å². The van der Waals surface area contributed by atoms with Gasteiger partial charge in [-0.2, -0.15) is 0 Å². The number of imidazole rings is 2. The third-order valence-electron chi connectivity index (χ3n) is 14.6. The Kier molecular flexibility index (Phi) is 11.2. The van der Waals surface area contributed by atoms with Gasteiger partial charge in [0.05, 0.1) is 39.0 Å². The van der Waals surface area contributed by atoms with E-state index in [1.807, 2.05) is 29.5 Å². The largest absolute Gasteiger partial charge is 0.507 e. The molecule has 13 rings (SSSR count). The van der Waals surface area contributed by atoms with Crippen LogP contribution in [-0.2, 0) is 0 Å². The third-order valence-corrected chi connectivity index (χ3v) is 15.8. The summed E-state index contributed by atoms with van der Waals surface area (Å²) in [4.78, 5) is 11.3. The van der Waals surface area contributed by atoms with Crippen molar-refractivity contribution in [3.05, 3.63) is 236 Å². The molecule has 0 aliphatic rings. The minimum Gasteiger partial charge on any atom is -0.507 e. The summed E-state index contributed by atoms with van der Waals surface area (Å²) >= 11 is 1.81. The van der Waals surface area contributed by atoms with Gasteiger partial charge in [0.15, 0.2) is 0 Å². The summed E-state index contributed by atoms with van der Waals surface area (Å²) in [5, 5.41) is 14.1. The van der Waals surface area contributed by atoms with Crippen molar-refractivity contribution >= 4 is 53.6 Å². The van der Waals surface area contributed by atoms with Crippen molar-refractivity contribution in [2.45, 2.75) is 39.5 Å². The van der Waals surface area contributed by atoms with E-state index >= 15 is 0 Å². The van der Waals surface area contributed by atoms with E-state index in [-0.39, 0.29) is 17.6 Å². The zero-order valence-electron chi connectivity index (χ0n) is 41.7. The number of aromatic nitrogens is 4. The van der Waals surface area contributed by atoms with Gasteiger partial charge in [0.2, 0.25) is 0 Å². The Hall–Kier alpha value is -8.84. The van der Waals surface area contributed by atoms with Crippen molar-refractivity contribution in [2.75, 3.05) is 0 Å². The van der Waals surface area contributed by atoms with E-state index in [0.717, 1.165) is 78.0 Å². The number of nitrogens with zero attached hydrogens (tertiary/aromatic N) is 4. The van der Waals surface area contributed by atoms with Gasteiger partial charge in [-0.15, -0.1) is 11.3 Å². The molecule has 5 nitrogen and oxygen atoms in total. The number of thiophene rings is 1. The van der Waals surface area contributed by atoms with Crippen LogP contribution in [-0.4, -0.2) is 24.2 Å². The topological polar surface area (TPSA) is 55.9 Å². The van der Waals surface area contributed by atoms with Crippen LogP contribution in [0.5, 0.6) is 5.75 Å². The molecule has 0 aliphatic carbocycles. The minimum absolute atomic E-state index is 0.178. The van der Waals surface area contributed by atoms with Crippen LogP contribution in [0.4, 0.5) is 0 Å². The molecule has 0 aliphatic heterocycles. The molecule has 0 unspecified atom stereocenters. The summed E-state index contributed by atoms with van der Waals surface area (Å²) in [7, 11) is 0. The monoisotopic (exact) mass is 972 g/mol. The molecule has 3 aromatic heterocycles. The molecule has 0 bridgehead atoms. The van der Waals surface area contributed by atoms with Gasteiger partial charge in [-0.3, -0.25) is 9.13 Å². The summed E-state index contributed by atoms with van der Waals surface area (Å²) in [5.41, 5.74) is 19.0. The summed E-state index contributed by atoms with van der Waals surface area (Å²) in [5.74, 6) is 2.10. The highest BCUT2D eigenvalue weighted by Crippen LogP contribution is 2.48. The number of phenols is 1. The molecule has 0 amide bonds. The van der Waals surface area contributed by atoms with Crippen molar-refractivity contribution in [3.63, 3.8) is 0 Å². The molecule has 0 fully saturated rings. The maximum atomic E-state index is 11.7. The second kappa shape index (κ2) is 18.3. The zero-order chi connectivity index (χ0) is 50.0. The lowest BCUT2D eigenvalue weighted by molar-refractivity contribution is 0.477. The molecule has 356 valence electrons. The van der Waals surface area contributed by atoms with Gasteiger partial charge < -0.3 is 5.11 Å². The van der Waals surface area contributed by atoms with Crippen LogP contribution < -0.4 is 0 Å². The lowest BCUT2D eigenvalue weighted by Crippen LogP contribution is -2.09. The molecule has 10 aromatic carbocycles. The van der Waals surface area contributed by atoms with Crippen LogP contribution in [0.25, 0.3) is 121 Å². The fourth-order valence-electron chi connectivity index (χ4n) is 11.0. The third kappa shape index (κ3) is 7.60. The smallest absolute Gasteiger partial charge is 0.149 e. The number of phenolic OH excluding ortho intramolecular Hbond substituents is 1. The number of benzene rings is 10. The SMILES string of the molecule is CC(C)c1cc(-c2ccccc2)cc(C(C)C)c1-n1c(-c2ccccc2O)nc2c(-c3cc(-c4nc5ccccc5n4-c4ccc(-c5ccccc5)cc4-c4ccccc4)c4sc5ccccc5c4c3)cccc21. The molecule has 1 N–H and O–H groups in total. The van der Waals surface area contributed by atoms with Crippen molar-refractivity contribution in [3.8, 4) is 84.4 Å². The average molecular weight is 973 g/mol. The van der Waals surface area contributed by atoms with Gasteiger partial charge in [0.25, 0.3) is 0 Å². The van der Waals surface area contributed by atoms with Crippen LogP contribution in [0.1, 0.15) is 50.7 Å². The van der Waals surface area contributed by atoms with E-state index in [1.54, 1.807) is 6.07 Å². The van der Waals surface area contributed by atoms with E-state index < -0.39 is 0 Å². The normalized spacial score (nSPS) is 11.8. The highest BCUT2D eigenvalue weighted by atomic mass is 32.1. The number of hydrogen-bond donors (Lipinski definition) is 1. The molecular formula is C68H52N4OS. The molecule has 13 aromatic rings. The highest BCUT2D eigenvalue weighted by Gasteiger charge is 2.28. The van der Waals surface area contributed by atoms with Crippen LogP contribution in [0.15, 0.2) is 224 Å². The first-order valence-corrected chi connectivity index (χ1v) is 26.3. The zero-order valence-corrected chi connectivity index (χ0v) is 42.5. The Bertz CT molecular complexity index is 4230. The second-order valence-electron chi connectivity index (χ2n) is 19.9. The molecule has 6 heteroatoms. The van der Waals surface area contributed by atoms with E-state index in [2.05, 4.69) is 237 Å². The maximum Gasteiger partial charge on any atom is 0.149 e. The number of aromatic hydroxyl groups is 1. The first kappa shape index (κ1) is 45.1. The predicted molar refractivity (Wildman–Crippen MR) is 311 cm³/mol. The molecule has 3 heterocycles. The van der Waals surface area contributed by atoms with Gasteiger partial charge in [0, 0.05) is 36.9 Å². The van der Waals surface area contributed by atoms with Crippen LogP contribution in [0.2, 0.25) is 0 Å². The van der Waals surface area contributed by atoms with Gasteiger partial charge in [-0.25, -0.2) is 9.97 Å². The summed E-state index contributed by atoms with van der Waals surface area (Å²) in [6.07, 6.45) is 0. The molecule has 0 atom stereocenters. The summed E-state index contributed by atoms with van der Waals surface area (Å²) < 4.78 is 7.09. The number of rotatable bonds is 10. The molecule has 74 heavy (non-hydrogen) atoms. The Labute approximate surface area is 435 Å². The first-order valence-electron chi connectivity index (χ1n) is 25.5. The standard InChI is InChI=1S/C68H52N4OS/c1-42(2)53-38-48(45-23-10-6-11-24-45)39-54(43(3)4)65(53)72-61-32-20-29-50(64(61)70-67(72)52-28-14-18-33-62(52)73)49-40-56-51-27-15-19-34-63(51)74-66(56)57(41-49)68-69-58-30-16-17-31-60(58)71(68)59-36-35-47(44-21-8-5-9-22-44)37-55(59)46-25-12-7-13-26-46/h5-43,73H,1-4H3. The van der Waals surface area contributed by atoms with Crippen molar-refractivity contribution in [2.24, 2.45) is 0 Å². The van der Waals surface area contributed by atoms with Crippen LogP contribution in [0.3, 0.4) is 0 Å². The summed E-state index contributed by atoms with van der Waals surface area (Å²) in [6.45, 7) is 9.10. The Morgan fingerprint density at radius 1 is 0.405 bits per heavy atom. The first-order chi connectivity index (χ1) is 36.3. The van der Waals surface area contributed by atoms with E-state index in [9.17, 15) is 5.11 Å². The highest BCUT2D eigenvalue weighted by molar-refractivity contribution is 7.26. The molecule has 0 spiro atoms. The van der Waals surface area contributed by atoms with E-state index in [0.29, 0.717) is 11.4 Å². The number of fused-ring (bicyclic) bond motifs is 5. The van der Waals surface area contributed by atoms with Crippen LogP contribution >= 0.6 is 11.3 Å². The quantitative estimate of drug-likeness (QED) is 0.149. The molecule has 0 radical (unpaired) electrons. The molecule has 0 saturated heterocycles. The molecular weight excluding hydrogens is 921 g/mol. The minimum atomic E-state index is 0.178. The van der Waals surface area contributed by atoms with E-state index in [4.69, 9.17) is 9.97 Å². The van der Waals surface area contributed by atoms with Gasteiger partial charge in [-0.05, 0) is 129 Å². The lowest BCUT2D eigenvalue weighted by atomic mass is 9.88. The van der Waals surface area contributed by atoms with Crippen LogP contribution in [0, 0.1) is 0 Å². The van der Waals surface area contributed by atoms with Crippen molar-refractivity contribution in [1.29, 1.82) is 0 Å². The van der Waals surface area contributed by atoms with Gasteiger partial charge in [-0.1, -0.05) is 179 Å². The van der Waals surface area contributed by atoms with Crippen molar-refractivity contribution < 1.29 is 5.11 Å². The van der Waals surface area contributed by atoms with E-state index in [1.165, 1.54) is 42.6 Å². The number of para-hydroxylation sites is 4. The lowest BCUT2D eigenvalue weighted by Gasteiger charge is -2.24. The molecule has 0 saturated carbocycles. The fourth-order valence-corrected chi connectivity index (χ4v) is 12.2. The second-order valence-corrected chi connectivity index (χ2v) is 20.9. The average Bonchev–Trinajstić information content (AvgIpc) is 4.16. The Balaban J connectivity index is 1.10. The Morgan fingerprint density at radius 3 is 1.70 bits per heavy atom. The van der Waals surface area contributed by atoms with Gasteiger partial charge in [0.1, 0.15) is 17.4 Å².